The van der Waals surface area contributed by atoms with Gasteiger partial charge >= 0.3 is 0 Å². The van der Waals surface area contributed by atoms with E-state index in [4.69, 9.17) is 29.9 Å². The molecule has 0 fully saturated rings. The molecule has 7 heteroatoms. The minimum atomic E-state index is 0.633. The summed E-state index contributed by atoms with van der Waals surface area (Å²) in [6.07, 6.45) is 0. The van der Waals surface area contributed by atoms with Crippen molar-refractivity contribution in [1.29, 1.82) is 0 Å². The third-order valence-electron chi connectivity index (χ3n) is 10.8. The smallest absolute Gasteiger partial charge is 0.164 e. The molecule has 0 unspecified atom stereocenters. The van der Waals surface area contributed by atoms with Gasteiger partial charge < -0.3 is 0 Å². The lowest BCUT2D eigenvalue weighted by Gasteiger charge is -2.12. The zero-order chi connectivity index (χ0) is 40.5. The second kappa shape index (κ2) is 15.6. The van der Waals surface area contributed by atoms with Crippen LogP contribution in [0.4, 0.5) is 0 Å². The average Bonchev–Trinajstić information content (AvgIpc) is 3.75. The highest BCUT2D eigenvalue weighted by Crippen LogP contribution is 2.45. The van der Waals surface area contributed by atoms with Crippen molar-refractivity contribution in [2.75, 3.05) is 0 Å². The summed E-state index contributed by atoms with van der Waals surface area (Å²) in [6.45, 7) is 0. The maximum Gasteiger partial charge on any atom is 0.164 e. The van der Waals surface area contributed by atoms with Crippen LogP contribution in [0.1, 0.15) is 0 Å². The topological polar surface area (TPSA) is 77.3 Å². The summed E-state index contributed by atoms with van der Waals surface area (Å²) in [6, 6.07) is 70.7. The van der Waals surface area contributed by atoms with Gasteiger partial charge in [0.25, 0.3) is 0 Å². The average molecular weight is 799 g/mol. The normalized spacial score (nSPS) is 11.3. The lowest BCUT2D eigenvalue weighted by Crippen LogP contribution is -2.00. The largest absolute Gasteiger partial charge is 0.208 e. The van der Waals surface area contributed by atoms with E-state index in [0.29, 0.717) is 34.9 Å². The molecule has 0 aliphatic heterocycles. The molecular weight excluding hydrogens is 765 g/mol. The molecule has 0 atom stereocenters. The second-order valence-corrected chi connectivity index (χ2v) is 15.7. The van der Waals surface area contributed by atoms with Gasteiger partial charge in [-0.25, -0.2) is 29.9 Å². The Hall–Kier alpha value is -8.00. The van der Waals surface area contributed by atoms with Gasteiger partial charge in [-0.1, -0.05) is 200 Å². The van der Waals surface area contributed by atoms with Crippen LogP contribution in [-0.2, 0) is 0 Å². The number of nitrogens with zero attached hydrogens (tertiary/aromatic N) is 6. The number of benzene rings is 8. The van der Waals surface area contributed by atoms with Crippen LogP contribution in [0.15, 0.2) is 206 Å². The molecule has 0 amide bonds. The van der Waals surface area contributed by atoms with Gasteiger partial charge in [-0.05, 0) is 28.3 Å². The third-order valence-corrected chi connectivity index (χ3v) is 12.0. The quantitative estimate of drug-likeness (QED) is 0.152. The van der Waals surface area contributed by atoms with Crippen molar-refractivity contribution in [2.24, 2.45) is 0 Å². The van der Waals surface area contributed by atoms with Gasteiger partial charge in [0.05, 0.1) is 0 Å². The number of thiophene rings is 1. The van der Waals surface area contributed by atoms with Gasteiger partial charge in [0, 0.05) is 53.6 Å². The molecule has 0 N–H and O–H groups in total. The first kappa shape index (κ1) is 36.1. The van der Waals surface area contributed by atoms with E-state index >= 15 is 0 Å². The fraction of sp³-hybridized carbons (Fsp3) is 0. The standard InChI is InChI=1S/C54H34N6S/c1-5-15-37(16-6-1)49-55-50(38-17-7-2-8-18-38)58-53(57-49)41-29-25-35(26-30-41)43-33-34-44(48-47(43)45-23-13-14-24-46(45)61-48)36-27-31-42(32-28-36)54-59-51(39-19-9-3-10-20-39)56-52(60-54)40-21-11-4-12-22-40/h1-34H. The van der Waals surface area contributed by atoms with Crippen molar-refractivity contribution in [3.8, 4) is 90.6 Å². The summed E-state index contributed by atoms with van der Waals surface area (Å²) >= 11 is 1.83. The van der Waals surface area contributed by atoms with E-state index in [9.17, 15) is 0 Å². The first-order chi connectivity index (χ1) is 30.2. The Morgan fingerprint density at radius 1 is 0.246 bits per heavy atom. The van der Waals surface area contributed by atoms with Gasteiger partial charge in [0.2, 0.25) is 0 Å². The number of hydrogen-bond acceptors (Lipinski definition) is 7. The summed E-state index contributed by atoms with van der Waals surface area (Å²) in [5.74, 6) is 3.85. The highest BCUT2D eigenvalue weighted by molar-refractivity contribution is 7.26. The van der Waals surface area contributed by atoms with Gasteiger partial charge in [-0.15, -0.1) is 11.3 Å². The molecule has 11 aromatic rings. The minimum absolute atomic E-state index is 0.633. The first-order valence-electron chi connectivity index (χ1n) is 20.1. The van der Waals surface area contributed by atoms with E-state index in [2.05, 4.69) is 84.9 Å². The monoisotopic (exact) mass is 798 g/mol. The molecule has 3 aromatic heterocycles. The Balaban J connectivity index is 0.971. The van der Waals surface area contributed by atoms with E-state index in [1.807, 2.05) is 133 Å². The molecule has 0 bridgehead atoms. The number of aromatic nitrogens is 6. The van der Waals surface area contributed by atoms with E-state index < -0.39 is 0 Å². The molecule has 0 saturated heterocycles. The third kappa shape index (κ3) is 7.03. The molecule has 0 saturated carbocycles. The van der Waals surface area contributed by atoms with Crippen molar-refractivity contribution >= 4 is 31.5 Å². The van der Waals surface area contributed by atoms with Crippen molar-refractivity contribution in [1.82, 2.24) is 29.9 Å². The molecule has 0 aliphatic carbocycles. The Bertz CT molecular complexity index is 3200. The van der Waals surface area contributed by atoms with E-state index in [1.165, 1.54) is 31.3 Å². The molecule has 8 aromatic carbocycles. The van der Waals surface area contributed by atoms with Crippen molar-refractivity contribution in [2.45, 2.75) is 0 Å². The summed E-state index contributed by atoms with van der Waals surface area (Å²) in [5.41, 5.74) is 10.2. The summed E-state index contributed by atoms with van der Waals surface area (Å²) in [4.78, 5) is 29.6. The number of hydrogen-bond donors (Lipinski definition) is 0. The van der Waals surface area contributed by atoms with Gasteiger partial charge in [0.1, 0.15) is 0 Å². The highest BCUT2D eigenvalue weighted by Gasteiger charge is 2.18. The molecule has 11 rings (SSSR count). The molecule has 286 valence electrons. The molecule has 0 spiro atoms. The maximum absolute atomic E-state index is 4.96. The van der Waals surface area contributed by atoms with E-state index in [-0.39, 0.29) is 0 Å². The predicted octanol–water partition coefficient (Wildman–Crippen LogP) is 13.8. The molecule has 0 radical (unpaired) electrons. The summed E-state index contributed by atoms with van der Waals surface area (Å²) in [5, 5.41) is 2.48. The Morgan fingerprint density at radius 2 is 0.541 bits per heavy atom. The predicted molar refractivity (Wildman–Crippen MR) is 250 cm³/mol. The second-order valence-electron chi connectivity index (χ2n) is 14.7. The maximum atomic E-state index is 4.96. The van der Waals surface area contributed by atoms with Crippen molar-refractivity contribution < 1.29 is 0 Å². The van der Waals surface area contributed by atoms with E-state index in [0.717, 1.165) is 44.5 Å². The number of rotatable bonds is 8. The Morgan fingerprint density at radius 3 is 0.934 bits per heavy atom. The zero-order valence-electron chi connectivity index (χ0n) is 32.7. The zero-order valence-corrected chi connectivity index (χ0v) is 33.5. The Kier molecular flexibility index (Phi) is 9.26. The lowest BCUT2D eigenvalue weighted by atomic mass is 9.94. The van der Waals surface area contributed by atoms with Crippen LogP contribution in [0.25, 0.3) is 111 Å². The summed E-state index contributed by atoms with van der Waals surface area (Å²) in [7, 11) is 0. The van der Waals surface area contributed by atoms with E-state index in [1.54, 1.807) is 0 Å². The Labute approximate surface area is 356 Å². The van der Waals surface area contributed by atoms with Crippen LogP contribution >= 0.6 is 11.3 Å². The SMILES string of the molecule is c1ccc(-c2nc(-c3ccccc3)nc(-c3ccc(-c4ccc(-c5ccc(-c6nc(-c7ccccc7)nc(-c7ccccc7)n6)cc5)c5c4sc4ccccc45)cc3)n2)cc1. The van der Waals surface area contributed by atoms with Gasteiger partial charge in [-0.3, -0.25) is 0 Å². The van der Waals surface area contributed by atoms with Crippen molar-refractivity contribution in [3.63, 3.8) is 0 Å². The number of fused-ring (bicyclic) bond motifs is 3. The molecule has 61 heavy (non-hydrogen) atoms. The van der Waals surface area contributed by atoms with Crippen LogP contribution in [0.5, 0.6) is 0 Å². The van der Waals surface area contributed by atoms with Crippen LogP contribution < -0.4 is 0 Å². The minimum Gasteiger partial charge on any atom is -0.208 e. The van der Waals surface area contributed by atoms with Crippen LogP contribution in [-0.4, -0.2) is 29.9 Å². The summed E-state index contributed by atoms with van der Waals surface area (Å²) < 4.78 is 2.49. The highest BCUT2D eigenvalue weighted by atomic mass is 32.1. The van der Waals surface area contributed by atoms with Crippen LogP contribution in [0.2, 0.25) is 0 Å². The first-order valence-corrected chi connectivity index (χ1v) is 20.9. The van der Waals surface area contributed by atoms with Gasteiger partial charge in [0.15, 0.2) is 34.9 Å². The lowest BCUT2D eigenvalue weighted by molar-refractivity contribution is 1.07. The van der Waals surface area contributed by atoms with Crippen LogP contribution in [0.3, 0.4) is 0 Å². The fourth-order valence-electron chi connectivity index (χ4n) is 7.77. The van der Waals surface area contributed by atoms with Crippen LogP contribution in [0, 0.1) is 0 Å². The molecule has 6 nitrogen and oxygen atoms in total. The van der Waals surface area contributed by atoms with Gasteiger partial charge in [-0.2, -0.15) is 0 Å². The molecular formula is C54H34N6S. The fourth-order valence-corrected chi connectivity index (χ4v) is 9.03. The molecule has 0 aliphatic rings. The molecule has 3 heterocycles. The van der Waals surface area contributed by atoms with Crippen molar-refractivity contribution in [3.05, 3.63) is 206 Å².